The first-order chi connectivity index (χ1) is 11.1. The van der Waals surface area contributed by atoms with Crippen LogP contribution in [-0.2, 0) is 19.2 Å². The molecule has 1 saturated carbocycles. The maximum Gasteiger partial charge on any atom is 0.317 e. The van der Waals surface area contributed by atoms with Gasteiger partial charge in [-0.15, -0.1) is 0 Å². The molecule has 0 bridgehead atoms. The largest absolute Gasteiger partial charge is 0.481 e. The van der Waals surface area contributed by atoms with E-state index >= 15 is 0 Å². The predicted molar refractivity (Wildman–Crippen MR) is 81.4 cm³/mol. The Bertz CT molecular complexity index is 472. The van der Waals surface area contributed by atoms with Crippen molar-refractivity contribution in [1.82, 2.24) is 0 Å². The second kappa shape index (κ2) is 8.65. The molecule has 0 spiro atoms. The zero-order valence-corrected chi connectivity index (χ0v) is 13.6. The fraction of sp³-hybridized carbons (Fsp3) is 0.750. The zero-order valence-electron chi connectivity index (χ0n) is 13.6. The topological polar surface area (TPSA) is 149 Å². The summed E-state index contributed by atoms with van der Waals surface area (Å²) in [6.45, 7) is 1.93. The molecule has 24 heavy (non-hydrogen) atoms. The van der Waals surface area contributed by atoms with Crippen molar-refractivity contribution in [2.75, 3.05) is 0 Å². The highest BCUT2D eigenvalue weighted by molar-refractivity contribution is 5.93. The third-order valence-electron chi connectivity index (χ3n) is 5.01. The summed E-state index contributed by atoms with van der Waals surface area (Å²) < 4.78 is 0. The number of carbonyl (C=O) groups is 4. The summed E-state index contributed by atoms with van der Waals surface area (Å²) in [5, 5.41) is 36.1. The molecule has 8 heteroatoms. The molecule has 0 aromatic heterocycles. The average molecular weight is 344 g/mol. The van der Waals surface area contributed by atoms with Crippen LogP contribution in [0.4, 0.5) is 0 Å². The summed E-state index contributed by atoms with van der Waals surface area (Å²) in [7, 11) is 0. The molecule has 3 unspecified atom stereocenters. The molecule has 0 heterocycles. The lowest BCUT2D eigenvalue weighted by molar-refractivity contribution is -0.157. The van der Waals surface area contributed by atoms with E-state index in [-0.39, 0.29) is 30.6 Å². The van der Waals surface area contributed by atoms with Crippen LogP contribution in [0, 0.1) is 29.6 Å². The van der Waals surface area contributed by atoms with Crippen LogP contribution in [0.1, 0.15) is 45.4 Å². The average Bonchev–Trinajstić information content (AvgIpc) is 2.62. The Morgan fingerprint density at radius 2 is 1.29 bits per heavy atom. The van der Waals surface area contributed by atoms with Crippen LogP contribution < -0.4 is 0 Å². The Kier molecular flexibility index (Phi) is 7.18. The van der Waals surface area contributed by atoms with Crippen molar-refractivity contribution >= 4 is 23.9 Å². The van der Waals surface area contributed by atoms with E-state index in [1.165, 1.54) is 0 Å². The van der Waals surface area contributed by atoms with Gasteiger partial charge in [-0.3, -0.25) is 19.2 Å². The van der Waals surface area contributed by atoms with Crippen molar-refractivity contribution < 1.29 is 39.6 Å². The maximum absolute atomic E-state index is 11.1. The number of rotatable bonds is 8. The molecule has 136 valence electrons. The second-order valence-corrected chi connectivity index (χ2v) is 6.70. The smallest absolute Gasteiger partial charge is 0.317 e. The highest BCUT2D eigenvalue weighted by Gasteiger charge is 2.36. The fourth-order valence-corrected chi connectivity index (χ4v) is 3.54. The molecular formula is C16H24O8. The van der Waals surface area contributed by atoms with Gasteiger partial charge in [0.25, 0.3) is 0 Å². The summed E-state index contributed by atoms with van der Waals surface area (Å²) in [6.07, 6.45) is 2.67. The number of carboxylic acid groups (broad SMARTS) is 4. The van der Waals surface area contributed by atoms with Crippen molar-refractivity contribution in [3.8, 4) is 0 Å². The van der Waals surface area contributed by atoms with Crippen molar-refractivity contribution in [3.63, 3.8) is 0 Å². The fourth-order valence-electron chi connectivity index (χ4n) is 3.54. The number of hydrogen-bond acceptors (Lipinski definition) is 4. The van der Waals surface area contributed by atoms with Crippen molar-refractivity contribution in [1.29, 1.82) is 0 Å². The minimum absolute atomic E-state index is 0.0152. The van der Waals surface area contributed by atoms with E-state index < -0.39 is 35.7 Å². The van der Waals surface area contributed by atoms with Gasteiger partial charge in [0.2, 0.25) is 0 Å². The van der Waals surface area contributed by atoms with Gasteiger partial charge < -0.3 is 20.4 Å². The number of aliphatic carboxylic acids is 4. The van der Waals surface area contributed by atoms with E-state index in [0.29, 0.717) is 12.8 Å². The Morgan fingerprint density at radius 1 is 0.833 bits per heavy atom. The molecule has 0 saturated heterocycles. The van der Waals surface area contributed by atoms with Gasteiger partial charge in [0.1, 0.15) is 0 Å². The lowest BCUT2D eigenvalue weighted by Gasteiger charge is -2.26. The summed E-state index contributed by atoms with van der Waals surface area (Å²) in [6, 6.07) is 0. The molecule has 1 rings (SSSR count). The van der Waals surface area contributed by atoms with E-state index in [1.54, 1.807) is 0 Å². The molecule has 4 N–H and O–H groups in total. The summed E-state index contributed by atoms with van der Waals surface area (Å²) in [5.74, 6) is -8.75. The first-order valence-electron chi connectivity index (χ1n) is 8.04. The zero-order chi connectivity index (χ0) is 18.4. The predicted octanol–water partition coefficient (Wildman–Crippen LogP) is 1.78. The molecule has 0 amide bonds. The third kappa shape index (κ3) is 5.50. The lowest BCUT2D eigenvalue weighted by Crippen LogP contribution is -2.30. The molecule has 3 atom stereocenters. The van der Waals surface area contributed by atoms with Crippen molar-refractivity contribution in [2.24, 2.45) is 29.6 Å². The van der Waals surface area contributed by atoms with Gasteiger partial charge in [0.15, 0.2) is 11.8 Å². The molecule has 8 nitrogen and oxygen atoms in total. The third-order valence-corrected chi connectivity index (χ3v) is 5.01. The first kappa shape index (κ1) is 19.9. The van der Waals surface area contributed by atoms with Gasteiger partial charge in [0, 0.05) is 0 Å². The van der Waals surface area contributed by atoms with Gasteiger partial charge in [-0.05, 0) is 37.0 Å². The van der Waals surface area contributed by atoms with Crippen LogP contribution in [0.25, 0.3) is 0 Å². The Balaban J connectivity index is 2.85. The lowest BCUT2D eigenvalue weighted by atomic mass is 9.78. The number of carboxylic acids is 4. The molecule has 1 aliphatic rings. The Morgan fingerprint density at radius 3 is 1.75 bits per heavy atom. The standard InChI is InChI=1S/C16H24O8/c1-8-3-2-4-9(6-11(13(17)18)14(19)20)5-10(8)7-12(15(21)22)16(23)24/h8-12H,2-7H2,1H3,(H,17,18)(H,19,20)(H,21,22)(H,23,24). The van der Waals surface area contributed by atoms with Crippen LogP contribution in [0.5, 0.6) is 0 Å². The van der Waals surface area contributed by atoms with Crippen LogP contribution in [-0.4, -0.2) is 44.3 Å². The minimum Gasteiger partial charge on any atom is -0.481 e. The molecule has 0 radical (unpaired) electrons. The summed E-state index contributed by atoms with van der Waals surface area (Å²) >= 11 is 0. The molecule has 0 aromatic rings. The normalized spacial score (nSPS) is 24.5. The van der Waals surface area contributed by atoms with Gasteiger partial charge in [-0.1, -0.05) is 26.2 Å². The van der Waals surface area contributed by atoms with E-state index in [1.807, 2.05) is 6.92 Å². The van der Waals surface area contributed by atoms with Gasteiger partial charge in [-0.2, -0.15) is 0 Å². The van der Waals surface area contributed by atoms with Crippen LogP contribution in [0.3, 0.4) is 0 Å². The minimum atomic E-state index is -1.49. The summed E-state index contributed by atoms with van der Waals surface area (Å²) in [4.78, 5) is 44.4. The second-order valence-electron chi connectivity index (χ2n) is 6.70. The molecule has 0 aromatic carbocycles. The maximum atomic E-state index is 11.1. The van der Waals surface area contributed by atoms with E-state index in [4.69, 9.17) is 20.4 Å². The first-order valence-corrected chi connectivity index (χ1v) is 8.04. The molecule has 1 fully saturated rings. The van der Waals surface area contributed by atoms with Gasteiger partial charge >= 0.3 is 23.9 Å². The summed E-state index contributed by atoms with van der Waals surface area (Å²) in [5.41, 5.74) is 0. The van der Waals surface area contributed by atoms with E-state index in [0.717, 1.165) is 12.8 Å². The Hall–Kier alpha value is -2.12. The van der Waals surface area contributed by atoms with E-state index in [9.17, 15) is 19.2 Å². The van der Waals surface area contributed by atoms with Crippen LogP contribution >= 0.6 is 0 Å². The van der Waals surface area contributed by atoms with Gasteiger partial charge in [-0.25, -0.2) is 0 Å². The van der Waals surface area contributed by atoms with Crippen LogP contribution in [0.2, 0.25) is 0 Å². The van der Waals surface area contributed by atoms with Crippen molar-refractivity contribution in [3.05, 3.63) is 0 Å². The molecule has 0 aliphatic heterocycles. The monoisotopic (exact) mass is 344 g/mol. The highest BCUT2D eigenvalue weighted by Crippen LogP contribution is 2.38. The molecular weight excluding hydrogens is 320 g/mol. The number of hydrogen-bond donors (Lipinski definition) is 4. The highest BCUT2D eigenvalue weighted by atomic mass is 16.4. The van der Waals surface area contributed by atoms with E-state index in [2.05, 4.69) is 0 Å². The van der Waals surface area contributed by atoms with Gasteiger partial charge in [0.05, 0.1) is 0 Å². The van der Waals surface area contributed by atoms with Crippen molar-refractivity contribution in [2.45, 2.75) is 45.4 Å². The SMILES string of the molecule is CC1CCCC(CC(C(=O)O)C(=O)O)CC1CC(C(=O)O)C(=O)O. The quantitative estimate of drug-likeness (QED) is 0.384. The molecule has 1 aliphatic carbocycles. The van der Waals surface area contributed by atoms with Crippen LogP contribution in [0.15, 0.2) is 0 Å². The Labute approximate surface area is 139 Å².